The molecule has 2 aromatic heterocycles. The third-order valence-corrected chi connectivity index (χ3v) is 19.0. The molecular weight excluding hydrogens is 1220 g/mol. The Bertz CT molecular complexity index is 3440. The molecule has 0 radical (unpaired) electrons. The van der Waals surface area contributed by atoms with Crippen LogP contribution in [0, 0.1) is 5.92 Å². The van der Waals surface area contributed by atoms with Gasteiger partial charge in [0, 0.05) is 77.8 Å². The lowest BCUT2D eigenvalue weighted by Gasteiger charge is -2.29. The smallest absolute Gasteiger partial charge is 0.244 e. The van der Waals surface area contributed by atoms with E-state index in [2.05, 4.69) is 59.4 Å². The number of hydrogen-bond donors (Lipinski definition) is 13. The number of unbranched alkanes of at least 4 members (excludes halogenated alkanes) is 9. The third-order valence-electron chi connectivity index (χ3n) is 16.6. The topological polar surface area (TPSA) is 354 Å². The van der Waals surface area contributed by atoms with Crippen molar-refractivity contribution in [2.45, 2.75) is 178 Å². The molecular formula is C69H92N12O10S2. The molecule has 6 aromatic rings. The van der Waals surface area contributed by atoms with Crippen LogP contribution < -0.4 is 54.0 Å². The van der Waals surface area contributed by atoms with E-state index in [1.807, 2.05) is 78.9 Å². The van der Waals surface area contributed by atoms with Crippen molar-refractivity contribution in [3.8, 4) is 5.75 Å². The molecule has 1 aliphatic heterocycles. The highest BCUT2D eigenvalue weighted by molar-refractivity contribution is 8.76. The molecule has 93 heavy (non-hydrogen) atoms. The molecule has 3 heterocycles. The van der Waals surface area contributed by atoms with Crippen LogP contribution in [0.1, 0.15) is 126 Å². The molecule has 0 bridgehead atoms. The number of benzene rings is 4. The Kier molecular flexibility index (Phi) is 29.0. The van der Waals surface area contributed by atoms with Crippen molar-refractivity contribution in [2.75, 3.05) is 18.1 Å². The minimum absolute atomic E-state index is 0.00848. The molecule has 0 aliphatic carbocycles. The van der Waals surface area contributed by atoms with Gasteiger partial charge in [-0.2, -0.15) is 0 Å². The number of hydrogen-bond acceptors (Lipinski definition) is 13. The number of rotatable bonds is 29. The van der Waals surface area contributed by atoms with Gasteiger partial charge in [0.05, 0.1) is 0 Å². The van der Waals surface area contributed by atoms with Gasteiger partial charge >= 0.3 is 0 Å². The number of phenolic OH excluding ortho intramolecular Hbond substituents is 1. The van der Waals surface area contributed by atoms with E-state index in [4.69, 9.17) is 11.5 Å². The van der Waals surface area contributed by atoms with E-state index >= 15 is 14.4 Å². The Morgan fingerprint density at radius 3 is 1.78 bits per heavy atom. The first kappa shape index (κ1) is 72.1. The van der Waals surface area contributed by atoms with Crippen LogP contribution in [-0.4, -0.2) is 135 Å². The minimum Gasteiger partial charge on any atom is -0.508 e. The van der Waals surface area contributed by atoms with E-state index in [9.17, 15) is 33.9 Å². The fourth-order valence-electron chi connectivity index (χ4n) is 11.2. The van der Waals surface area contributed by atoms with Gasteiger partial charge in [-0.05, 0) is 84.7 Å². The SMILES string of the molecule is CCCCCCCCCCCC(=O)N[C@H](Cc1ccccc1)C(=O)NC1CSSC[C@@H](C(=O)N[C@@H](Cc2c[nH]c3ccccc23)C(N)=O)NC(=O)C(C(C)C)NC(=O)[C@H](CCCCN)NC(=O)[C@@H](Cc2c[nH]c3ccccc23)NC(=O)C(Cc2ccc(O)cc2)NC1=O. The second-order valence-electron chi connectivity index (χ2n) is 24.2. The second kappa shape index (κ2) is 37.4. The molecule has 8 atom stereocenters. The molecule has 15 N–H and O–H groups in total. The molecule has 7 rings (SSSR count). The second-order valence-corrected chi connectivity index (χ2v) is 26.8. The number of nitrogens with two attached hydrogens (primary N) is 2. The zero-order valence-corrected chi connectivity index (χ0v) is 55.0. The molecule has 1 fully saturated rings. The zero-order chi connectivity index (χ0) is 66.7. The summed E-state index contributed by atoms with van der Waals surface area (Å²) in [7, 11) is 2.11. The fourth-order valence-corrected chi connectivity index (χ4v) is 13.6. The average Bonchev–Trinajstić information content (AvgIpc) is 2.07. The number of fused-ring (bicyclic) bond motifs is 2. The Balaban J connectivity index is 1.25. The van der Waals surface area contributed by atoms with Crippen LogP contribution >= 0.6 is 21.6 Å². The summed E-state index contributed by atoms with van der Waals surface area (Å²) in [6.45, 7) is 5.86. The predicted octanol–water partition coefficient (Wildman–Crippen LogP) is 6.09. The Labute approximate surface area is 551 Å². The highest BCUT2D eigenvalue weighted by Crippen LogP contribution is 2.26. The van der Waals surface area contributed by atoms with Crippen molar-refractivity contribution in [1.29, 1.82) is 0 Å². The summed E-state index contributed by atoms with van der Waals surface area (Å²) in [5.74, 6) is -7.65. The number of nitrogens with one attached hydrogen (secondary N) is 10. The Morgan fingerprint density at radius 2 is 1.14 bits per heavy atom. The summed E-state index contributed by atoms with van der Waals surface area (Å²) in [6, 6.07) is 19.2. The van der Waals surface area contributed by atoms with Crippen LogP contribution in [0.2, 0.25) is 0 Å². The number of aromatic hydroxyl groups is 1. The number of phenols is 1. The van der Waals surface area contributed by atoms with Crippen molar-refractivity contribution in [1.82, 2.24) is 52.5 Å². The molecule has 4 aromatic carbocycles. The molecule has 500 valence electrons. The van der Waals surface area contributed by atoms with Gasteiger partial charge in [-0.15, -0.1) is 0 Å². The van der Waals surface area contributed by atoms with Crippen molar-refractivity contribution >= 4 is 96.6 Å². The van der Waals surface area contributed by atoms with Crippen LogP contribution in [0.15, 0.2) is 116 Å². The Morgan fingerprint density at radius 1 is 0.570 bits per heavy atom. The van der Waals surface area contributed by atoms with E-state index in [0.717, 1.165) is 74.6 Å². The number of carbonyl (C=O) groups is 9. The third kappa shape index (κ3) is 22.7. The molecule has 24 heteroatoms. The number of aromatic amines is 2. The standard InChI is InChI=1S/C69H92N12O10S2/c1-4-5-6-7-8-9-10-11-15-29-60(83)74-55(35-44-22-13-12-14-23-44)64(86)79-58-41-92-93-42-59(67(89)76-54(62(71)84)37-46-39-72-51-26-18-16-24-49(46)51)80-69(91)61(43(2)3)81-63(85)53(28-20-21-34-70)75-66(88)57(38-47-40-73-52-27-19-17-25-50(47)52)78-65(87)56(77-68(58)90)36-45-30-32-48(82)33-31-45/h12-14,16-19,22-27,30-33,39-40,43,53-59,61,72-73,82H,4-11,15,20-21,28-29,34-38,41-42,70H2,1-3H3,(H2,71,84)(H,74,83)(H,75,88)(H,76,89)(H,77,90)(H,78,87)(H,79,86)(H,80,91)(H,81,85)/t53-,54-,55+,56?,57+,58?,59-,61?/m0/s1. The number of carbonyl (C=O) groups excluding carboxylic acids is 9. The number of amides is 9. The molecule has 3 unspecified atom stereocenters. The maximum Gasteiger partial charge on any atom is 0.244 e. The molecule has 1 saturated heterocycles. The van der Waals surface area contributed by atoms with Crippen LogP contribution in [0.4, 0.5) is 0 Å². The lowest BCUT2D eigenvalue weighted by Crippen LogP contribution is -2.62. The minimum atomic E-state index is -1.44. The summed E-state index contributed by atoms with van der Waals surface area (Å²) in [5, 5.41) is 34.7. The molecule has 1 aliphatic rings. The highest BCUT2D eigenvalue weighted by Gasteiger charge is 2.37. The molecule has 22 nitrogen and oxygen atoms in total. The maximum absolute atomic E-state index is 15.2. The van der Waals surface area contributed by atoms with Gasteiger partial charge in [-0.1, -0.05) is 173 Å². The Hall–Kier alpha value is -8.35. The average molecular weight is 1310 g/mol. The van der Waals surface area contributed by atoms with Crippen LogP contribution in [0.3, 0.4) is 0 Å². The summed E-state index contributed by atoms with van der Waals surface area (Å²) in [4.78, 5) is 138. The lowest BCUT2D eigenvalue weighted by molar-refractivity contribution is -0.136. The van der Waals surface area contributed by atoms with E-state index in [-0.39, 0.29) is 68.2 Å². The fraction of sp³-hybridized carbons (Fsp3) is 0.464. The van der Waals surface area contributed by atoms with Crippen molar-refractivity contribution in [2.24, 2.45) is 17.4 Å². The zero-order valence-electron chi connectivity index (χ0n) is 53.4. The predicted molar refractivity (Wildman–Crippen MR) is 365 cm³/mol. The molecule has 0 spiro atoms. The van der Waals surface area contributed by atoms with Gasteiger partial charge in [0.2, 0.25) is 53.2 Å². The van der Waals surface area contributed by atoms with Crippen LogP contribution in [0.5, 0.6) is 5.75 Å². The van der Waals surface area contributed by atoms with E-state index in [0.29, 0.717) is 36.0 Å². The van der Waals surface area contributed by atoms with Gasteiger partial charge in [-0.25, -0.2) is 0 Å². The first-order valence-electron chi connectivity index (χ1n) is 32.5. The molecule has 9 amide bonds. The van der Waals surface area contributed by atoms with Crippen LogP contribution in [-0.2, 0) is 68.8 Å². The number of H-pyrrole nitrogens is 2. The number of primary amides is 1. The van der Waals surface area contributed by atoms with E-state index < -0.39 is 102 Å². The number of para-hydroxylation sites is 2. The van der Waals surface area contributed by atoms with Gasteiger partial charge in [0.1, 0.15) is 54.1 Å². The van der Waals surface area contributed by atoms with E-state index in [1.165, 1.54) is 37.8 Å². The van der Waals surface area contributed by atoms with Gasteiger partial charge in [-0.3, -0.25) is 43.2 Å². The van der Waals surface area contributed by atoms with Gasteiger partial charge < -0.3 is 69.1 Å². The van der Waals surface area contributed by atoms with Crippen LogP contribution in [0.25, 0.3) is 21.8 Å². The van der Waals surface area contributed by atoms with Gasteiger partial charge in [0.25, 0.3) is 0 Å². The van der Waals surface area contributed by atoms with Crippen molar-refractivity contribution in [3.05, 3.63) is 138 Å². The summed E-state index contributed by atoms with van der Waals surface area (Å²) < 4.78 is 0. The highest BCUT2D eigenvalue weighted by atomic mass is 33.1. The largest absolute Gasteiger partial charge is 0.508 e. The van der Waals surface area contributed by atoms with E-state index in [1.54, 1.807) is 38.4 Å². The summed E-state index contributed by atoms with van der Waals surface area (Å²) >= 11 is 0. The monoisotopic (exact) mass is 1310 g/mol. The lowest BCUT2D eigenvalue weighted by atomic mass is 10.00. The molecule has 0 saturated carbocycles. The van der Waals surface area contributed by atoms with Crippen molar-refractivity contribution < 1.29 is 48.3 Å². The van der Waals surface area contributed by atoms with Gasteiger partial charge in [0.15, 0.2) is 0 Å². The first-order valence-corrected chi connectivity index (χ1v) is 35.0. The number of aromatic nitrogens is 2. The first-order chi connectivity index (χ1) is 44.9. The maximum atomic E-state index is 15.2. The quantitative estimate of drug-likeness (QED) is 0.0187. The summed E-state index contributed by atoms with van der Waals surface area (Å²) in [6.07, 6.45) is 13.7. The van der Waals surface area contributed by atoms with Crippen molar-refractivity contribution in [3.63, 3.8) is 0 Å². The summed E-state index contributed by atoms with van der Waals surface area (Å²) in [5.41, 5.74) is 16.0. The normalized spacial score (nSPS) is 19.5.